The Hall–Kier alpha value is -3.51. The van der Waals surface area contributed by atoms with Crippen LogP contribution in [0.1, 0.15) is 30.5 Å². The third-order valence-corrected chi connectivity index (χ3v) is 12.0. The maximum absolute atomic E-state index is 12.6. The maximum Gasteiger partial charge on any atom is 0.258 e. The Morgan fingerprint density at radius 2 is 1.28 bits per heavy atom. The first kappa shape index (κ1) is 28.5. The molecule has 0 amide bonds. The van der Waals surface area contributed by atoms with E-state index in [1.54, 1.807) is 21.3 Å². The zero-order valence-electron chi connectivity index (χ0n) is 23.1. The van der Waals surface area contributed by atoms with E-state index >= 15 is 0 Å². The van der Waals surface area contributed by atoms with Gasteiger partial charge in [0.25, 0.3) is 8.32 Å². The van der Waals surface area contributed by atoms with Gasteiger partial charge in [0.05, 0.1) is 26.4 Å². The Labute approximate surface area is 237 Å². The molecule has 4 aromatic rings. The quantitative estimate of drug-likeness (QED) is 0.176. The van der Waals surface area contributed by atoms with Crippen LogP contribution in [0.2, 0.25) is 10.1 Å². The molecule has 6 heteroatoms. The lowest BCUT2D eigenvalue weighted by atomic mass is 9.98. The van der Waals surface area contributed by atoms with Gasteiger partial charge in [0, 0.05) is 0 Å². The monoisotopic (exact) mass is 558 g/mol. The molecule has 0 spiro atoms. The molecule has 0 atom stereocenters. The van der Waals surface area contributed by atoms with Crippen LogP contribution in [0, 0.1) is 0 Å². The third-order valence-electron chi connectivity index (χ3n) is 7.22. The van der Waals surface area contributed by atoms with Crippen molar-refractivity contribution in [3.05, 3.63) is 113 Å². The predicted octanol–water partition coefficient (Wildman–Crippen LogP) is 6.61. The van der Waals surface area contributed by atoms with Gasteiger partial charge in [0.15, 0.2) is 11.5 Å². The van der Waals surface area contributed by atoms with Gasteiger partial charge in [-0.2, -0.15) is 0 Å². The van der Waals surface area contributed by atoms with Crippen molar-refractivity contribution in [1.82, 2.24) is 0 Å². The molecule has 202 valence electrons. The number of methoxy groups -OCH3 is 3. The van der Waals surface area contributed by atoms with Crippen LogP contribution in [0.3, 0.4) is 0 Å². The molecule has 39 heavy (non-hydrogen) atoms. The second-order valence-corrected chi connectivity index (χ2v) is 14.5. The van der Waals surface area contributed by atoms with E-state index in [0.29, 0.717) is 22.9 Å². The lowest BCUT2D eigenvalue weighted by Crippen LogP contribution is -2.65. The van der Waals surface area contributed by atoms with Crippen LogP contribution in [0.4, 0.5) is 0 Å². The molecule has 4 rings (SSSR count). The standard InChI is InChI=1S/C33H35ClO4Si/c1-33(2,39(35,27-12-8-6-9-13-27)28-14-10-7-11-15-28)23-26-20-24(18-19-30(26)36-3)16-17-25-21-29(34)32(38-5)31(22-25)37-4/h6-22,35H,23H2,1-5H3. The van der Waals surface area contributed by atoms with Gasteiger partial charge in [-0.1, -0.05) is 104 Å². The lowest BCUT2D eigenvalue weighted by molar-refractivity contribution is 0.355. The Kier molecular flexibility index (Phi) is 8.86. The minimum absolute atomic E-state index is 0.456. The fraction of sp³-hybridized carbons (Fsp3) is 0.212. The van der Waals surface area contributed by atoms with E-state index in [1.807, 2.05) is 97.1 Å². The van der Waals surface area contributed by atoms with E-state index in [9.17, 15) is 4.80 Å². The number of benzene rings is 4. The summed E-state index contributed by atoms with van der Waals surface area (Å²) in [7, 11) is 1.67. The normalized spacial score (nSPS) is 12.0. The lowest BCUT2D eigenvalue weighted by Gasteiger charge is -2.41. The van der Waals surface area contributed by atoms with Crippen molar-refractivity contribution in [1.29, 1.82) is 0 Å². The Morgan fingerprint density at radius 1 is 0.718 bits per heavy atom. The predicted molar refractivity (Wildman–Crippen MR) is 164 cm³/mol. The zero-order valence-corrected chi connectivity index (χ0v) is 24.8. The van der Waals surface area contributed by atoms with E-state index in [2.05, 4.69) is 19.9 Å². The maximum atomic E-state index is 12.6. The second-order valence-electron chi connectivity index (χ2n) is 10.1. The van der Waals surface area contributed by atoms with Crippen LogP contribution in [-0.4, -0.2) is 34.4 Å². The van der Waals surface area contributed by atoms with Crippen molar-refractivity contribution in [2.45, 2.75) is 25.3 Å². The largest absolute Gasteiger partial charge is 0.496 e. The first-order valence-corrected chi connectivity index (χ1v) is 15.2. The molecule has 0 heterocycles. The molecule has 0 bridgehead atoms. The molecule has 0 aliphatic carbocycles. The van der Waals surface area contributed by atoms with E-state index in [4.69, 9.17) is 25.8 Å². The average molecular weight is 559 g/mol. The number of rotatable bonds is 10. The molecular weight excluding hydrogens is 524 g/mol. The average Bonchev–Trinajstić information content (AvgIpc) is 2.96. The Morgan fingerprint density at radius 3 is 1.82 bits per heavy atom. The fourth-order valence-electron chi connectivity index (χ4n) is 5.18. The van der Waals surface area contributed by atoms with Crippen LogP contribution >= 0.6 is 11.6 Å². The number of hydrogen-bond acceptors (Lipinski definition) is 4. The summed E-state index contributed by atoms with van der Waals surface area (Å²) in [5.41, 5.74) is 2.94. The molecule has 0 aliphatic heterocycles. The van der Waals surface area contributed by atoms with Gasteiger partial charge in [-0.25, -0.2) is 0 Å². The molecular formula is C33H35ClO4Si. The minimum Gasteiger partial charge on any atom is -0.496 e. The highest BCUT2D eigenvalue weighted by molar-refractivity contribution is 6.98. The molecule has 1 N–H and O–H groups in total. The van der Waals surface area contributed by atoms with Crippen LogP contribution in [0.5, 0.6) is 17.2 Å². The third kappa shape index (κ3) is 5.91. The van der Waals surface area contributed by atoms with Gasteiger partial charge in [0.1, 0.15) is 5.75 Å². The summed E-state index contributed by atoms with van der Waals surface area (Å²) in [4.78, 5) is 12.6. The van der Waals surface area contributed by atoms with Gasteiger partial charge in [-0.05, 0) is 62.8 Å². The Balaban J connectivity index is 1.72. The molecule has 4 nitrogen and oxygen atoms in total. The summed E-state index contributed by atoms with van der Waals surface area (Å²) >= 11 is 6.40. The fourth-order valence-corrected chi connectivity index (χ4v) is 9.17. The van der Waals surface area contributed by atoms with Crippen molar-refractivity contribution >= 4 is 42.4 Å². The Bertz CT molecular complexity index is 1400. The smallest absolute Gasteiger partial charge is 0.258 e. The van der Waals surface area contributed by atoms with Crippen LogP contribution < -0.4 is 24.6 Å². The molecule has 0 saturated carbocycles. The van der Waals surface area contributed by atoms with Crippen LogP contribution in [0.15, 0.2) is 91.0 Å². The van der Waals surface area contributed by atoms with Crippen molar-refractivity contribution < 1.29 is 19.0 Å². The zero-order chi connectivity index (χ0) is 28.0. The van der Waals surface area contributed by atoms with Crippen LogP contribution in [-0.2, 0) is 6.42 Å². The molecule has 0 radical (unpaired) electrons. The van der Waals surface area contributed by atoms with E-state index in [-0.39, 0.29) is 0 Å². The highest BCUT2D eigenvalue weighted by Gasteiger charge is 2.50. The first-order chi connectivity index (χ1) is 18.7. The summed E-state index contributed by atoms with van der Waals surface area (Å²) < 4.78 is 16.6. The molecule has 0 saturated heterocycles. The summed E-state index contributed by atoms with van der Waals surface area (Å²) in [6, 6.07) is 30.0. The summed E-state index contributed by atoms with van der Waals surface area (Å²) in [6.45, 7) is 4.32. The topological polar surface area (TPSA) is 47.9 Å². The highest BCUT2D eigenvalue weighted by atomic mass is 35.5. The summed E-state index contributed by atoms with van der Waals surface area (Å²) in [5.74, 6) is 1.89. The molecule has 0 unspecified atom stereocenters. The molecule has 4 aromatic carbocycles. The second kappa shape index (κ2) is 12.1. The highest BCUT2D eigenvalue weighted by Crippen LogP contribution is 2.41. The van der Waals surface area contributed by atoms with E-state index < -0.39 is 13.4 Å². The van der Waals surface area contributed by atoms with E-state index in [1.165, 1.54) is 0 Å². The number of ether oxygens (including phenoxy) is 3. The van der Waals surface area contributed by atoms with Crippen molar-refractivity contribution in [2.75, 3.05) is 21.3 Å². The van der Waals surface area contributed by atoms with Crippen molar-refractivity contribution in [3.63, 3.8) is 0 Å². The number of hydrogen-bond donors (Lipinski definition) is 1. The molecule has 0 aromatic heterocycles. The van der Waals surface area contributed by atoms with Gasteiger partial charge >= 0.3 is 0 Å². The first-order valence-electron chi connectivity index (χ1n) is 12.8. The number of halogens is 1. The minimum atomic E-state index is -3.18. The van der Waals surface area contributed by atoms with Crippen LogP contribution in [0.25, 0.3) is 12.2 Å². The summed E-state index contributed by atoms with van der Waals surface area (Å²) in [6.07, 6.45) is 4.65. The van der Waals surface area contributed by atoms with Gasteiger partial charge < -0.3 is 19.0 Å². The van der Waals surface area contributed by atoms with Crippen molar-refractivity contribution in [2.24, 2.45) is 0 Å². The van der Waals surface area contributed by atoms with E-state index in [0.717, 1.165) is 32.8 Å². The summed E-state index contributed by atoms with van der Waals surface area (Å²) in [5, 5.41) is 2.00. The van der Waals surface area contributed by atoms with Gasteiger partial charge in [0.2, 0.25) is 0 Å². The molecule has 0 aliphatic rings. The van der Waals surface area contributed by atoms with Gasteiger partial charge in [-0.15, -0.1) is 0 Å². The SMILES string of the molecule is COc1ccc(C=Cc2cc(Cl)c(OC)c(OC)c2)cc1CC(C)(C)[Si](O)(c1ccccc1)c1ccccc1. The van der Waals surface area contributed by atoms with Crippen molar-refractivity contribution in [3.8, 4) is 17.2 Å². The molecule has 0 fully saturated rings. The van der Waals surface area contributed by atoms with Gasteiger partial charge in [-0.3, -0.25) is 0 Å².